The van der Waals surface area contributed by atoms with E-state index >= 15 is 0 Å². The molecule has 1 saturated heterocycles. The fourth-order valence-electron chi connectivity index (χ4n) is 5.98. The van der Waals surface area contributed by atoms with Crippen LogP contribution in [0.5, 0.6) is 11.5 Å². The van der Waals surface area contributed by atoms with Crippen LogP contribution in [0.25, 0.3) is 0 Å². The van der Waals surface area contributed by atoms with E-state index in [2.05, 4.69) is 15.5 Å². The topological polar surface area (TPSA) is 113 Å². The van der Waals surface area contributed by atoms with Crippen molar-refractivity contribution in [1.82, 2.24) is 4.90 Å². The second-order valence-electron chi connectivity index (χ2n) is 12.5. The first-order chi connectivity index (χ1) is 24.3. The number of rotatable bonds is 12. The average Bonchev–Trinajstić information content (AvgIpc) is 3.15. The number of amides is 2. The first-order valence-electron chi connectivity index (χ1n) is 16.8. The largest absolute Gasteiger partial charge is 0.457 e. The van der Waals surface area contributed by atoms with E-state index in [1.807, 2.05) is 123 Å². The molecule has 0 saturated carbocycles. The minimum atomic E-state index is -0.707. The summed E-state index contributed by atoms with van der Waals surface area (Å²) in [5.41, 5.74) is 4.62. The molecule has 0 aliphatic carbocycles. The van der Waals surface area contributed by atoms with Crippen LogP contribution in [-0.2, 0) is 16.1 Å². The van der Waals surface area contributed by atoms with Gasteiger partial charge in [0.15, 0.2) is 6.29 Å². The van der Waals surface area contributed by atoms with Crippen molar-refractivity contribution in [3.8, 4) is 11.5 Å². The minimum Gasteiger partial charge on any atom is -0.457 e. The quantitative estimate of drug-likeness (QED) is 0.106. The lowest BCUT2D eigenvalue weighted by Crippen LogP contribution is -2.43. The molecule has 2 amide bonds. The molecule has 0 aromatic heterocycles. The van der Waals surface area contributed by atoms with Crippen molar-refractivity contribution < 1.29 is 29.2 Å². The molecular formula is C41H43N3O6. The van der Waals surface area contributed by atoms with Crippen LogP contribution in [0.1, 0.15) is 54.1 Å². The number of urea groups is 1. The summed E-state index contributed by atoms with van der Waals surface area (Å²) in [6.45, 7) is 2.53. The third-order valence-corrected chi connectivity index (χ3v) is 8.91. The van der Waals surface area contributed by atoms with E-state index in [0.717, 1.165) is 28.0 Å². The molecule has 0 radical (unpaired) electrons. The number of ether oxygens (including phenoxy) is 3. The molecule has 5 unspecified atom stereocenters. The third-order valence-electron chi connectivity index (χ3n) is 8.91. The summed E-state index contributed by atoms with van der Waals surface area (Å²) in [6, 6.07) is 40.9. The molecule has 1 heterocycles. The van der Waals surface area contributed by atoms with Crippen molar-refractivity contribution in [3.05, 3.63) is 156 Å². The Bertz CT molecular complexity index is 1800. The summed E-state index contributed by atoms with van der Waals surface area (Å²) >= 11 is 0. The molecule has 4 N–H and O–H groups in total. The molecular weight excluding hydrogens is 630 g/mol. The first-order valence-corrected chi connectivity index (χ1v) is 16.8. The summed E-state index contributed by atoms with van der Waals surface area (Å²) in [6.07, 6.45) is -1.26. The summed E-state index contributed by atoms with van der Waals surface area (Å²) in [4.78, 5) is 15.1. The van der Waals surface area contributed by atoms with Gasteiger partial charge in [-0.2, -0.15) is 0 Å². The lowest BCUT2D eigenvalue weighted by molar-refractivity contribution is -0.253. The Balaban J connectivity index is 1.13. The van der Waals surface area contributed by atoms with Crippen LogP contribution >= 0.6 is 0 Å². The van der Waals surface area contributed by atoms with Crippen molar-refractivity contribution in [2.75, 3.05) is 24.2 Å². The summed E-state index contributed by atoms with van der Waals surface area (Å²) in [5.74, 6) is 1.40. The van der Waals surface area contributed by atoms with E-state index in [4.69, 9.17) is 14.2 Å². The van der Waals surface area contributed by atoms with Gasteiger partial charge in [-0.15, -0.1) is 0 Å². The van der Waals surface area contributed by atoms with Gasteiger partial charge in [0, 0.05) is 35.9 Å². The number of hydrogen-bond donors (Lipinski definition) is 4. The van der Waals surface area contributed by atoms with Crippen LogP contribution in [0.3, 0.4) is 0 Å². The van der Waals surface area contributed by atoms with Crippen LogP contribution in [0.15, 0.2) is 133 Å². The molecule has 1 fully saturated rings. The Morgan fingerprint density at radius 1 is 0.800 bits per heavy atom. The Morgan fingerprint density at radius 2 is 1.46 bits per heavy atom. The average molecular weight is 674 g/mol. The molecule has 0 spiro atoms. The maximum absolute atomic E-state index is 13.0. The maximum Gasteiger partial charge on any atom is 0.323 e. The van der Waals surface area contributed by atoms with Crippen LogP contribution < -0.4 is 15.4 Å². The fourth-order valence-corrected chi connectivity index (χ4v) is 5.98. The molecule has 50 heavy (non-hydrogen) atoms. The minimum absolute atomic E-state index is 0.0338. The van der Waals surface area contributed by atoms with Gasteiger partial charge >= 0.3 is 6.03 Å². The number of para-hydroxylation sites is 1. The van der Waals surface area contributed by atoms with Crippen molar-refractivity contribution >= 4 is 17.4 Å². The van der Waals surface area contributed by atoms with E-state index < -0.39 is 18.4 Å². The second kappa shape index (κ2) is 16.6. The first kappa shape index (κ1) is 34.8. The number of likely N-dealkylation sites (N-methyl/N-ethyl adjacent to an activating group) is 1. The zero-order chi connectivity index (χ0) is 34.9. The molecule has 6 rings (SSSR count). The van der Waals surface area contributed by atoms with E-state index in [-0.39, 0.29) is 24.9 Å². The van der Waals surface area contributed by atoms with E-state index in [0.29, 0.717) is 30.1 Å². The molecule has 9 nitrogen and oxygen atoms in total. The van der Waals surface area contributed by atoms with Gasteiger partial charge < -0.3 is 35.1 Å². The molecule has 5 aromatic carbocycles. The highest BCUT2D eigenvalue weighted by atomic mass is 16.7. The lowest BCUT2D eigenvalue weighted by atomic mass is 9.98. The molecule has 1 aliphatic rings. The van der Waals surface area contributed by atoms with E-state index in [9.17, 15) is 15.0 Å². The maximum atomic E-state index is 13.0. The molecule has 9 heteroatoms. The number of nitrogens with zero attached hydrogens (tertiary/aromatic N) is 1. The van der Waals surface area contributed by atoms with Crippen molar-refractivity contribution in [2.24, 2.45) is 0 Å². The van der Waals surface area contributed by atoms with Crippen molar-refractivity contribution in [1.29, 1.82) is 0 Å². The smallest absolute Gasteiger partial charge is 0.323 e. The van der Waals surface area contributed by atoms with Crippen LogP contribution in [0.4, 0.5) is 16.2 Å². The molecule has 258 valence electrons. The summed E-state index contributed by atoms with van der Waals surface area (Å²) in [7, 11) is 1.99. The van der Waals surface area contributed by atoms with Crippen LogP contribution in [0, 0.1) is 0 Å². The van der Waals surface area contributed by atoms with Crippen LogP contribution in [-0.4, -0.2) is 46.9 Å². The Kier molecular flexibility index (Phi) is 11.5. The van der Waals surface area contributed by atoms with Gasteiger partial charge in [-0.3, -0.25) is 4.90 Å². The highest BCUT2D eigenvalue weighted by Crippen LogP contribution is 2.39. The van der Waals surface area contributed by atoms with Gasteiger partial charge in [0.25, 0.3) is 0 Å². The van der Waals surface area contributed by atoms with Gasteiger partial charge in [-0.25, -0.2) is 4.79 Å². The molecule has 5 aromatic rings. The number of nitrogens with one attached hydrogen (secondary N) is 2. The number of anilines is 2. The third kappa shape index (κ3) is 9.15. The number of benzene rings is 5. The van der Waals surface area contributed by atoms with Gasteiger partial charge in [0.05, 0.1) is 24.9 Å². The predicted molar refractivity (Wildman–Crippen MR) is 194 cm³/mol. The highest BCUT2D eigenvalue weighted by Gasteiger charge is 2.34. The summed E-state index contributed by atoms with van der Waals surface area (Å²) in [5, 5.41) is 26.4. The Morgan fingerprint density at radius 3 is 2.16 bits per heavy atom. The number of carbonyl (C=O) groups is 1. The van der Waals surface area contributed by atoms with Crippen LogP contribution in [0.2, 0.25) is 0 Å². The van der Waals surface area contributed by atoms with Gasteiger partial charge in [0.1, 0.15) is 11.5 Å². The van der Waals surface area contributed by atoms with E-state index in [1.165, 1.54) is 0 Å². The highest BCUT2D eigenvalue weighted by molar-refractivity contribution is 5.99. The molecule has 5 atom stereocenters. The van der Waals surface area contributed by atoms with E-state index in [1.54, 1.807) is 24.3 Å². The van der Waals surface area contributed by atoms with Gasteiger partial charge in [-0.1, -0.05) is 84.9 Å². The molecule has 1 aliphatic heterocycles. The number of carbonyl (C=O) groups excluding carboxylic acids is 1. The zero-order valence-electron chi connectivity index (χ0n) is 28.2. The number of aliphatic hydroxyl groups is 2. The SMILES string of the molecule is CC(C(O)c1ccccc1)N(C)CC1CC(c2ccc(CO)cc2)OC(c2cccc(NC(=O)Nc3ccc(Oc4ccccc4)cc3)c2)O1. The molecule has 0 bridgehead atoms. The Labute approximate surface area is 293 Å². The second-order valence-corrected chi connectivity index (χ2v) is 12.5. The van der Waals surface area contributed by atoms with Crippen molar-refractivity contribution in [3.63, 3.8) is 0 Å². The van der Waals surface area contributed by atoms with Gasteiger partial charge in [0.2, 0.25) is 0 Å². The van der Waals surface area contributed by atoms with Crippen molar-refractivity contribution in [2.45, 2.75) is 50.6 Å². The zero-order valence-corrected chi connectivity index (χ0v) is 28.2. The number of hydrogen-bond acceptors (Lipinski definition) is 7. The lowest BCUT2D eigenvalue weighted by Gasteiger charge is -2.39. The normalized spacial score (nSPS) is 18.6. The van der Waals surface area contributed by atoms with Gasteiger partial charge in [-0.05, 0) is 79.2 Å². The fraction of sp³-hybridized carbons (Fsp3) is 0.244. The Hall–Kier alpha value is -5.03. The number of aliphatic hydroxyl groups excluding tert-OH is 2. The predicted octanol–water partition coefficient (Wildman–Crippen LogP) is 8.21. The standard InChI is InChI=1S/C41H43N3O6/c1-28(39(46)31-10-5-3-6-11-31)44(2)26-37-25-38(30-18-16-29(27-45)17-19-30)50-40(49-37)32-12-9-13-34(24-32)43-41(47)42-33-20-22-36(23-21-33)48-35-14-7-4-8-15-35/h3-24,28,37-40,45-46H,25-27H2,1-2H3,(H2,42,43,47). The monoisotopic (exact) mass is 673 g/mol. The summed E-state index contributed by atoms with van der Waals surface area (Å²) < 4.78 is 18.9.